The van der Waals surface area contributed by atoms with E-state index in [1.807, 2.05) is 80.1 Å². The molecule has 0 saturated heterocycles. The molecule has 0 aliphatic heterocycles. The Bertz CT molecular complexity index is 1640. The van der Waals surface area contributed by atoms with Crippen LogP contribution in [0.15, 0.2) is 79.4 Å². The van der Waals surface area contributed by atoms with Crippen LogP contribution in [0.5, 0.6) is 5.75 Å². The highest BCUT2D eigenvalue weighted by Gasteiger charge is 2.45. The molecule has 5 aromatic rings. The van der Waals surface area contributed by atoms with Crippen molar-refractivity contribution in [3.05, 3.63) is 96.2 Å². The lowest BCUT2D eigenvalue weighted by Crippen LogP contribution is -2.16. The standard InChI is InChI=1S/C30H28N6O2/c1-18-5-3-4-6-22(18)26-11-20-12-28(33-14-25(20)29(31)34-26)35-30(37)24-13-23(24)27-15-32-17-36(27)16-19-7-9-21(38-2)10-8-19/h3-12,14-15,17,23-24H,13,16H2,1-2H3,(H2,31,34)(H,33,35,37)/t23-,24-/m1/s1. The van der Waals surface area contributed by atoms with Crippen LogP contribution >= 0.6 is 0 Å². The van der Waals surface area contributed by atoms with Crippen molar-refractivity contribution in [2.45, 2.75) is 25.8 Å². The predicted molar refractivity (Wildman–Crippen MR) is 148 cm³/mol. The van der Waals surface area contributed by atoms with Crippen LogP contribution in [0.3, 0.4) is 0 Å². The first-order valence-electron chi connectivity index (χ1n) is 12.6. The summed E-state index contributed by atoms with van der Waals surface area (Å²) in [5, 5.41) is 4.64. The van der Waals surface area contributed by atoms with Crippen molar-refractivity contribution in [1.82, 2.24) is 19.5 Å². The molecule has 0 radical (unpaired) electrons. The number of methoxy groups -OCH3 is 1. The van der Waals surface area contributed by atoms with Gasteiger partial charge in [0.05, 0.1) is 19.1 Å². The Morgan fingerprint density at radius 2 is 1.95 bits per heavy atom. The van der Waals surface area contributed by atoms with Crippen LogP contribution in [0, 0.1) is 12.8 Å². The molecule has 1 fully saturated rings. The van der Waals surface area contributed by atoms with Crippen LogP contribution in [0.25, 0.3) is 22.0 Å². The van der Waals surface area contributed by atoms with E-state index in [-0.39, 0.29) is 17.7 Å². The van der Waals surface area contributed by atoms with Crippen LogP contribution in [0.4, 0.5) is 11.6 Å². The lowest BCUT2D eigenvalue weighted by atomic mass is 10.0. The number of anilines is 2. The van der Waals surface area contributed by atoms with Crippen molar-refractivity contribution < 1.29 is 9.53 Å². The summed E-state index contributed by atoms with van der Waals surface area (Å²) in [6.45, 7) is 2.74. The summed E-state index contributed by atoms with van der Waals surface area (Å²) in [6, 6.07) is 19.9. The minimum atomic E-state index is -0.121. The predicted octanol–water partition coefficient (Wildman–Crippen LogP) is 5.18. The van der Waals surface area contributed by atoms with E-state index >= 15 is 0 Å². The highest BCUT2D eigenvalue weighted by atomic mass is 16.5. The van der Waals surface area contributed by atoms with E-state index in [9.17, 15) is 4.79 Å². The number of nitrogens with zero attached hydrogens (tertiary/aromatic N) is 4. The van der Waals surface area contributed by atoms with Crippen LogP contribution in [-0.2, 0) is 11.3 Å². The summed E-state index contributed by atoms with van der Waals surface area (Å²) in [5.41, 5.74) is 11.4. The van der Waals surface area contributed by atoms with Gasteiger partial charge in [-0.05, 0) is 54.1 Å². The second kappa shape index (κ2) is 9.63. The molecular formula is C30H28N6O2. The molecule has 0 bridgehead atoms. The molecule has 8 nitrogen and oxygen atoms in total. The average Bonchev–Trinajstić information content (AvgIpc) is 3.60. The van der Waals surface area contributed by atoms with Gasteiger partial charge in [-0.3, -0.25) is 4.79 Å². The summed E-state index contributed by atoms with van der Waals surface area (Å²) in [7, 11) is 1.66. The van der Waals surface area contributed by atoms with Gasteiger partial charge in [0.2, 0.25) is 5.91 Å². The fourth-order valence-corrected chi connectivity index (χ4v) is 4.97. The van der Waals surface area contributed by atoms with E-state index in [0.29, 0.717) is 18.2 Å². The van der Waals surface area contributed by atoms with Gasteiger partial charge in [-0.25, -0.2) is 15.0 Å². The number of hydrogen-bond acceptors (Lipinski definition) is 6. The van der Waals surface area contributed by atoms with Gasteiger partial charge < -0.3 is 20.4 Å². The maximum Gasteiger partial charge on any atom is 0.229 e. The van der Waals surface area contributed by atoms with E-state index in [1.165, 1.54) is 0 Å². The Morgan fingerprint density at radius 1 is 1.13 bits per heavy atom. The third-order valence-corrected chi connectivity index (χ3v) is 7.18. The van der Waals surface area contributed by atoms with Gasteiger partial charge >= 0.3 is 0 Å². The number of amides is 1. The smallest absolute Gasteiger partial charge is 0.229 e. The van der Waals surface area contributed by atoms with Gasteiger partial charge in [-0.15, -0.1) is 0 Å². The summed E-state index contributed by atoms with van der Waals surface area (Å²) in [4.78, 5) is 26.5. The Balaban J connectivity index is 1.17. The van der Waals surface area contributed by atoms with Gasteiger partial charge in [0.1, 0.15) is 17.4 Å². The maximum atomic E-state index is 13.1. The van der Waals surface area contributed by atoms with Crippen molar-refractivity contribution in [1.29, 1.82) is 0 Å². The number of nitrogens with one attached hydrogen (secondary N) is 1. The Hall–Kier alpha value is -4.72. The molecule has 3 N–H and O–H groups in total. The zero-order chi connectivity index (χ0) is 26.2. The highest BCUT2D eigenvalue weighted by molar-refractivity contribution is 5.98. The Kier molecular flexibility index (Phi) is 5.99. The molecule has 38 heavy (non-hydrogen) atoms. The van der Waals surface area contributed by atoms with E-state index in [4.69, 9.17) is 10.5 Å². The largest absolute Gasteiger partial charge is 0.497 e. The number of carbonyl (C=O) groups is 1. The summed E-state index contributed by atoms with van der Waals surface area (Å²) in [5.74, 6) is 1.71. The third-order valence-electron chi connectivity index (χ3n) is 7.18. The molecule has 1 saturated carbocycles. The number of hydrogen-bond donors (Lipinski definition) is 2. The second-order valence-corrected chi connectivity index (χ2v) is 9.73. The van der Waals surface area contributed by atoms with Crippen LogP contribution in [0.2, 0.25) is 0 Å². The number of pyridine rings is 2. The number of benzene rings is 2. The highest BCUT2D eigenvalue weighted by Crippen LogP contribution is 2.48. The number of ether oxygens (including phenoxy) is 1. The monoisotopic (exact) mass is 504 g/mol. The third kappa shape index (κ3) is 4.56. The van der Waals surface area contributed by atoms with Crippen LogP contribution < -0.4 is 15.8 Å². The minimum absolute atomic E-state index is 0.0415. The molecule has 2 atom stereocenters. The summed E-state index contributed by atoms with van der Waals surface area (Å²) in [6.07, 6.45) is 6.13. The Labute approximate surface area is 220 Å². The second-order valence-electron chi connectivity index (χ2n) is 9.73. The van der Waals surface area contributed by atoms with Crippen molar-refractivity contribution in [3.63, 3.8) is 0 Å². The molecule has 0 spiro atoms. The van der Waals surface area contributed by atoms with Gasteiger partial charge in [-0.1, -0.05) is 36.4 Å². The van der Waals surface area contributed by atoms with E-state index in [1.54, 1.807) is 13.3 Å². The van der Waals surface area contributed by atoms with Gasteiger partial charge in [-0.2, -0.15) is 0 Å². The molecule has 3 heterocycles. The fraction of sp³-hybridized carbons (Fsp3) is 0.200. The van der Waals surface area contributed by atoms with Crippen LogP contribution in [0.1, 0.15) is 29.2 Å². The van der Waals surface area contributed by atoms with Crippen molar-refractivity contribution in [2.24, 2.45) is 5.92 Å². The fourth-order valence-electron chi connectivity index (χ4n) is 4.97. The van der Waals surface area contributed by atoms with Gasteiger partial charge in [0, 0.05) is 47.4 Å². The van der Waals surface area contributed by atoms with Gasteiger partial charge in [0.25, 0.3) is 0 Å². The number of imidazole rings is 1. The molecule has 6 rings (SSSR count). The van der Waals surface area contributed by atoms with Gasteiger partial charge in [0.15, 0.2) is 0 Å². The number of fused-ring (bicyclic) bond motifs is 1. The average molecular weight is 505 g/mol. The molecular weight excluding hydrogens is 476 g/mol. The molecule has 190 valence electrons. The SMILES string of the molecule is COc1ccc(Cn2cncc2[C@@H]2C[C@H]2C(=O)Nc2cc3cc(-c4ccccc4C)nc(N)c3cn2)cc1. The number of rotatable bonds is 7. The molecule has 1 aliphatic rings. The molecule has 1 aliphatic carbocycles. The number of aryl methyl sites for hydroxylation is 1. The number of aromatic nitrogens is 4. The molecule has 2 aromatic carbocycles. The van der Waals surface area contributed by atoms with E-state index in [2.05, 4.69) is 24.8 Å². The number of carbonyl (C=O) groups excluding carboxylic acids is 1. The molecule has 1 amide bonds. The summed E-state index contributed by atoms with van der Waals surface area (Å²) < 4.78 is 7.36. The van der Waals surface area contributed by atoms with Crippen LogP contribution in [-0.4, -0.2) is 32.5 Å². The van der Waals surface area contributed by atoms with E-state index in [0.717, 1.165) is 51.0 Å². The molecule has 3 aromatic heterocycles. The number of nitrogen functional groups attached to an aromatic ring is 1. The normalized spacial score (nSPS) is 16.4. The van der Waals surface area contributed by atoms with Crippen molar-refractivity contribution in [3.8, 4) is 17.0 Å². The lowest BCUT2D eigenvalue weighted by molar-refractivity contribution is -0.117. The first-order chi connectivity index (χ1) is 18.5. The summed E-state index contributed by atoms with van der Waals surface area (Å²) >= 11 is 0. The number of nitrogens with two attached hydrogens (primary N) is 1. The minimum Gasteiger partial charge on any atom is -0.497 e. The maximum absolute atomic E-state index is 13.1. The van der Waals surface area contributed by atoms with E-state index < -0.39 is 0 Å². The first-order valence-corrected chi connectivity index (χ1v) is 12.6. The Morgan fingerprint density at radius 3 is 2.74 bits per heavy atom. The lowest BCUT2D eigenvalue weighted by Gasteiger charge is -2.11. The molecule has 8 heteroatoms. The quantitative estimate of drug-likeness (QED) is 0.316. The van der Waals surface area contributed by atoms with Crippen molar-refractivity contribution >= 4 is 28.3 Å². The molecule has 0 unspecified atom stereocenters. The first kappa shape index (κ1) is 23.7. The van der Waals surface area contributed by atoms with Crippen molar-refractivity contribution in [2.75, 3.05) is 18.2 Å². The topological polar surface area (TPSA) is 108 Å². The zero-order valence-corrected chi connectivity index (χ0v) is 21.3. The zero-order valence-electron chi connectivity index (χ0n) is 21.3.